The zero-order valence-electron chi connectivity index (χ0n) is 9.84. The van der Waals surface area contributed by atoms with E-state index in [1.54, 1.807) is 13.0 Å². The quantitative estimate of drug-likeness (QED) is 0.512. The van der Waals surface area contributed by atoms with Crippen LogP contribution in [0.15, 0.2) is 23.1 Å². The number of rotatable bonds is 5. The minimum Gasteiger partial charge on any atom is -0.448 e. The molecular weight excluding hydrogens is 258 g/mol. The summed E-state index contributed by atoms with van der Waals surface area (Å²) in [7, 11) is -3.67. The second-order valence-electron chi connectivity index (χ2n) is 3.64. The Morgan fingerprint density at radius 1 is 1.39 bits per heavy atom. The van der Waals surface area contributed by atoms with Gasteiger partial charge in [-0.1, -0.05) is 0 Å². The highest BCUT2D eigenvalue weighted by molar-refractivity contribution is 7.89. The van der Waals surface area contributed by atoms with Gasteiger partial charge in [0, 0.05) is 12.2 Å². The number of anilines is 1. The number of nitrogen functional groups attached to an aromatic ring is 1. The summed E-state index contributed by atoms with van der Waals surface area (Å²) in [6, 6.07) is 4.51. The molecule has 0 aliphatic heterocycles. The summed E-state index contributed by atoms with van der Waals surface area (Å²) in [4.78, 5) is 10.4. The van der Waals surface area contributed by atoms with Gasteiger partial charge in [-0.3, -0.25) is 0 Å². The van der Waals surface area contributed by atoms with Gasteiger partial charge in [0.15, 0.2) is 0 Å². The van der Waals surface area contributed by atoms with Crippen LogP contribution in [-0.4, -0.2) is 27.7 Å². The van der Waals surface area contributed by atoms with E-state index in [0.29, 0.717) is 5.69 Å². The second kappa shape index (κ2) is 5.69. The highest BCUT2D eigenvalue weighted by Crippen LogP contribution is 2.15. The van der Waals surface area contributed by atoms with E-state index in [4.69, 9.17) is 11.5 Å². The third-order valence-corrected chi connectivity index (χ3v) is 3.46. The van der Waals surface area contributed by atoms with E-state index in [1.165, 1.54) is 12.1 Å². The molecule has 1 aromatic rings. The van der Waals surface area contributed by atoms with Crippen molar-refractivity contribution in [3.63, 3.8) is 0 Å². The van der Waals surface area contributed by atoms with Crippen LogP contribution in [0.3, 0.4) is 0 Å². The Hall–Kier alpha value is -1.80. The van der Waals surface area contributed by atoms with Crippen molar-refractivity contribution in [3.05, 3.63) is 23.8 Å². The molecule has 7 nitrogen and oxygen atoms in total. The molecule has 0 saturated heterocycles. The third kappa shape index (κ3) is 4.22. The van der Waals surface area contributed by atoms with Crippen LogP contribution in [0.25, 0.3) is 0 Å². The van der Waals surface area contributed by atoms with E-state index in [1.807, 2.05) is 0 Å². The number of benzene rings is 1. The molecule has 0 fully saturated rings. The Balaban J connectivity index is 2.71. The van der Waals surface area contributed by atoms with Gasteiger partial charge in [0.05, 0.1) is 4.90 Å². The number of nitrogens with two attached hydrogens (primary N) is 2. The fourth-order valence-corrected chi connectivity index (χ4v) is 2.49. The summed E-state index contributed by atoms with van der Waals surface area (Å²) in [5, 5.41) is 0. The average molecular weight is 273 g/mol. The molecule has 0 saturated carbocycles. The maximum Gasteiger partial charge on any atom is 0.404 e. The van der Waals surface area contributed by atoms with Crippen LogP contribution >= 0.6 is 0 Å². The first-order chi connectivity index (χ1) is 8.31. The molecule has 0 radical (unpaired) electrons. The van der Waals surface area contributed by atoms with Gasteiger partial charge in [0.2, 0.25) is 10.0 Å². The fraction of sp³-hybridized carbons (Fsp3) is 0.300. The molecular formula is C10H15N3O4S. The maximum absolute atomic E-state index is 11.8. The molecule has 0 bridgehead atoms. The van der Waals surface area contributed by atoms with Gasteiger partial charge in [0.25, 0.3) is 0 Å². The first-order valence-corrected chi connectivity index (χ1v) is 6.58. The van der Waals surface area contributed by atoms with Crippen molar-refractivity contribution in [1.29, 1.82) is 0 Å². The largest absolute Gasteiger partial charge is 0.448 e. The molecule has 0 spiro atoms. The second-order valence-corrected chi connectivity index (χ2v) is 5.41. The van der Waals surface area contributed by atoms with Gasteiger partial charge in [-0.15, -0.1) is 0 Å². The van der Waals surface area contributed by atoms with Crippen LogP contribution in [0.4, 0.5) is 10.5 Å². The fourth-order valence-electron chi connectivity index (χ4n) is 1.34. The standard InChI is InChI=1S/C10H15N3O4S/c1-7-4-8(11)6-9(5-7)18(15,16)13-2-3-17-10(12)14/h4-6,13H,2-3,11H2,1H3,(H2,12,14). The minimum absolute atomic E-state index is 0.0564. The Kier molecular flexibility index (Phi) is 4.51. The van der Waals surface area contributed by atoms with Gasteiger partial charge in [0.1, 0.15) is 6.61 Å². The number of sulfonamides is 1. The van der Waals surface area contributed by atoms with Crippen molar-refractivity contribution in [2.45, 2.75) is 11.8 Å². The van der Waals surface area contributed by atoms with Gasteiger partial charge in [-0.05, 0) is 30.7 Å². The summed E-state index contributed by atoms with van der Waals surface area (Å²) in [6.45, 7) is 1.56. The molecule has 18 heavy (non-hydrogen) atoms. The molecule has 1 rings (SSSR count). The molecule has 5 N–H and O–H groups in total. The maximum atomic E-state index is 11.8. The summed E-state index contributed by atoms with van der Waals surface area (Å²) in [5.74, 6) is 0. The average Bonchev–Trinajstić information content (AvgIpc) is 2.23. The zero-order chi connectivity index (χ0) is 13.8. The van der Waals surface area contributed by atoms with Crippen molar-refractivity contribution >= 4 is 21.8 Å². The van der Waals surface area contributed by atoms with E-state index >= 15 is 0 Å². The first kappa shape index (κ1) is 14.3. The highest BCUT2D eigenvalue weighted by Gasteiger charge is 2.14. The smallest absolute Gasteiger partial charge is 0.404 e. The Bertz CT molecular complexity index is 522. The van der Waals surface area contributed by atoms with Crippen molar-refractivity contribution in [1.82, 2.24) is 4.72 Å². The molecule has 1 amide bonds. The summed E-state index contributed by atoms with van der Waals surface area (Å²) in [6.07, 6.45) is -0.950. The molecule has 0 atom stereocenters. The van der Waals surface area contributed by atoms with E-state index in [9.17, 15) is 13.2 Å². The van der Waals surface area contributed by atoms with Crippen LogP contribution in [0.5, 0.6) is 0 Å². The highest BCUT2D eigenvalue weighted by atomic mass is 32.2. The van der Waals surface area contributed by atoms with Crippen LogP contribution in [0.1, 0.15) is 5.56 Å². The molecule has 0 heterocycles. The number of ether oxygens (including phenoxy) is 1. The summed E-state index contributed by atoms with van der Waals surface area (Å²) >= 11 is 0. The number of hydrogen-bond donors (Lipinski definition) is 3. The molecule has 0 unspecified atom stereocenters. The zero-order valence-corrected chi connectivity index (χ0v) is 10.7. The van der Waals surface area contributed by atoms with Crippen molar-refractivity contribution < 1.29 is 17.9 Å². The van der Waals surface area contributed by atoms with Crippen molar-refractivity contribution in [2.24, 2.45) is 5.73 Å². The number of carbonyl (C=O) groups is 1. The minimum atomic E-state index is -3.67. The van der Waals surface area contributed by atoms with E-state index in [-0.39, 0.29) is 18.0 Å². The van der Waals surface area contributed by atoms with Gasteiger partial charge >= 0.3 is 6.09 Å². The number of aryl methyl sites for hydroxylation is 1. The number of primary amides is 1. The number of nitrogens with one attached hydrogen (secondary N) is 1. The topological polar surface area (TPSA) is 125 Å². The lowest BCUT2D eigenvalue weighted by Crippen LogP contribution is -2.29. The van der Waals surface area contributed by atoms with Gasteiger partial charge in [-0.25, -0.2) is 17.9 Å². The first-order valence-electron chi connectivity index (χ1n) is 5.10. The molecule has 0 aromatic heterocycles. The van der Waals surface area contributed by atoms with Gasteiger partial charge < -0.3 is 16.2 Å². The van der Waals surface area contributed by atoms with E-state index in [2.05, 4.69) is 9.46 Å². The molecule has 0 aliphatic rings. The molecule has 0 aliphatic carbocycles. The van der Waals surface area contributed by atoms with Crippen LogP contribution in [0, 0.1) is 6.92 Å². The van der Waals surface area contributed by atoms with E-state index < -0.39 is 16.1 Å². The van der Waals surface area contributed by atoms with Crippen LogP contribution < -0.4 is 16.2 Å². The number of amides is 1. The Morgan fingerprint density at radius 3 is 2.61 bits per heavy atom. The SMILES string of the molecule is Cc1cc(N)cc(S(=O)(=O)NCCOC(N)=O)c1. The lowest BCUT2D eigenvalue weighted by molar-refractivity contribution is 0.159. The molecule has 100 valence electrons. The van der Waals surface area contributed by atoms with Crippen molar-refractivity contribution in [3.8, 4) is 0 Å². The predicted octanol–water partition coefficient (Wildman–Crippen LogP) is -0.0492. The number of hydrogen-bond acceptors (Lipinski definition) is 5. The molecule has 1 aromatic carbocycles. The monoisotopic (exact) mass is 273 g/mol. The third-order valence-electron chi connectivity index (χ3n) is 2.02. The predicted molar refractivity (Wildman–Crippen MR) is 66.3 cm³/mol. The Labute approximate surface area is 105 Å². The lowest BCUT2D eigenvalue weighted by atomic mass is 10.2. The summed E-state index contributed by atoms with van der Waals surface area (Å²) in [5.41, 5.74) is 11.4. The normalized spacial score (nSPS) is 11.2. The lowest BCUT2D eigenvalue weighted by Gasteiger charge is -2.08. The summed E-state index contributed by atoms with van der Waals surface area (Å²) < 4.78 is 30.4. The van der Waals surface area contributed by atoms with Gasteiger partial charge in [-0.2, -0.15) is 0 Å². The Morgan fingerprint density at radius 2 is 2.06 bits per heavy atom. The van der Waals surface area contributed by atoms with Crippen LogP contribution in [-0.2, 0) is 14.8 Å². The number of carbonyl (C=O) groups excluding carboxylic acids is 1. The van der Waals surface area contributed by atoms with E-state index in [0.717, 1.165) is 5.56 Å². The molecule has 8 heteroatoms. The van der Waals surface area contributed by atoms with Crippen molar-refractivity contribution in [2.75, 3.05) is 18.9 Å². The van der Waals surface area contributed by atoms with Crippen LogP contribution in [0.2, 0.25) is 0 Å².